The third-order valence-electron chi connectivity index (χ3n) is 2.63. The molecule has 0 unspecified atom stereocenters. The fraction of sp³-hybridized carbons (Fsp3) is 0.364. The second-order valence-electron chi connectivity index (χ2n) is 4.40. The minimum absolute atomic E-state index is 0.231. The van der Waals surface area contributed by atoms with Crippen molar-refractivity contribution in [1.82, 2.24) is 4.57 Å². The van der Waals surface area contributed by atoms with Gasteiger partial charge in [-0.05, 0) is 0 Å². The number of fused-ring (bicyclic) bond motifs is 1. The first-order valence-corrected chi connectivity index (χ1v) is 8.12. The maximum Gasteiger partial charge on any atom is 0.495 e. The zero-order valence-corrected chi connectivity index (χ0v) is 13.9. The molecule has 0 bridgehead atoms. The summed E-state index contributed by atoms with van der Waals surface area (Å²) in [4.78, 5) is 0. The van der Waals surface area contributed by atoms with Crippen molar-refractivity contribution < 1.29 is 30.7 Å². The van der Waals surface area contributed by atoms with Gasteiger partial charge in [-0.3, -0.25) is 0 Å². The predicted octanol–water partition coefficient (Wildman–Crippen LogP) is 2.49. The van der Waals surface area contributed by atoms with Gasteiger partial charge in [0, 0.05) is 18.4 Å². The molecule has 124 valence electrons. The lowest BCUT2D eigenvalue weighted by molar-refractivity contribution is -0.667. The van der Waals surface area contributed by atoms with Gasteiger partial charge in [-0.25, -0.2) is 17.6 Å². The highest BCUT2D eigenvalue weighted by atomic mass is 35.5. The van der Waals surface area contributed by atoms with E-state index in [1.807, 2.05) is 0 Å². The van der Waals surface area contributed by atoms with E-state index in [1.165, 1.54) is 26.2 Å². The van der Waals surface area contributed by atoms with Crippen LogP contribution in [0, 0.1) is 0 Å². The summed E-state index contributed by atoms with van der Waals surface area (Å²) >= 11 is 11.6. The van der Waals surface area contributed by atoms with Crippen molar-refractivity contribution in [3.63, 3.8) is 0 Å². The van der Waals surface area contributed by atoms with Crippen LogP contribution >= 0.6 is 23.2 Å². The quantitative estimate of drug-likeness (QED) is 0.522. The van der Waals surface area contributed by atoms with E-state index in [1.54, 1.807) is 0 Å². The van der Waals surface area contributed by atoms with Crippen LogP contribution in [0.25, 0.3) is 11.0 Å². The van der Waals surface area contributed by atoms with Crippen LogP contribution in [0.15, 0.2) is 12.1 Å². The Hall–Kier alpha value is -1.03. The Morgan fingerprint density at radius 3 is 2.05 bits per heavy atom. The summed E-state index contributed by atoms with van der Waals surface area (Å²) in [7, 11) is -1.23. The number of hydrogen-bond donors (Lipinski definition) is 0. The molecule has 22 heavy (non-hydrogen) atoms. The fourth-order valence-electron chi connectivity index (χ4n) is 1.90. The van der Waals surface area contributed by atoms with E-state index in [4.69, 9.17) is 36.2 Å². The Morgan fingerprint density at radius 2 is 1.64 bits per heavy atom. The summed E-state index contributed by atoms with van der Waals surface area (Å²) in [6.45, 7) is 0. The summed E-state index contributed by atoms with van der Waals surface area (Å²) in [6, 6.07) is 2.85. The number of aromatic nitrogens is 2. The van der Waals surface area contributed by atoms with Gasteiger partial charge in [0.15, 0.2) is 11.0 Å². The third kappa shape index (κ3) is 4.48. The largest absolute Gasteiger partial charge is 0.748 e. The highest BCUT2D eigenvalue weighted by Gasteiger charge is 2.45. The average Bonchev–Trinajstić information content (AvgIpc) is 2.50. The van der Waals surface area contributed by atoms with Crippen molar-refractivity contribution in [1.29, 1.82) is 0 Å². The molecule has 0 amide bonds. The first kappa shape index (κ1) is 19.0. The van der Waals surface area contributed by atoms with Gasteiger partial charge in [-0.1, -0.05) is 23.2 Å². The second kappa shape index (κ2) is 6.23. The summed E-state index contributed by atoms with van der Waals surface area (Å²) < 4.78 is 67.9. The van der Waals surface area contributed by atoms with Crippen LogP contribution in [0.2, 0.25) is 10.0 Å². The summed E-state index contributed by atoms with van der Waals surface area (Å²) in [5.74, 6) is -0.758. The molecule has 0 saturated heterocycles. The molecule has 1 heterocycles. The molecule has 0 aliphatic rings. The lowest BCUT2D eigenvalue weighted by atomic mass is 10.3. The number of imidazole rings is 1. The number of benzene rings is 1. The molecule has 1 aromatic heterocycles. The molecule has 0 fully saturated rings. The van der Waals surface area contributed by atoms with Crippen LogP contribution in [0.1, 0.15) is 5.82 Å². The van der Waals surface area contributed by atoms with Gasteiger partial charge in [0.25, 0.3) is 0 Å². The van der Waals surface area contributed by atoms with Crippen LogP contribution in [0.5, 0.6) is 0 Å². The molecule has 5 nitrogen and oxygen atoms in total. The highest BCUT2D eigenvalue weighted by Crippen LogP contribution is 2.32. The molecule has 0 spiro atoms. The van der Waals surface area contributed by atoms with E-state index in [2.05, 4.69) is 0 Å². The van der Waals surface area contributed by atoms with Crippen molar-refractivity contribution in [3.05, 3.63) is 28.0 Å². The smallest absolute Gasteiger partial charge is 0.495 e. The molecule has 0 atom stereocenters. The number of rotatable bonds is 0. The van der Waals surface area contributed by atoms with Crippen LogP contribution in [0.4, 0.5) is 13.2 Å². The van der Waals surface area contributed by atoms with Crippen molar-refractivity contribution in [3.8, 4) is 0 Å². The van der Waals surface area contributed by atoms with E-state index in [9.17, 15) is 13.2 Å². The van der Waals surface area contributed by atoms with E-state index >= 15 is 0 Å². The highest BCUT2D eigenvalue weighted by molar-refractivity contribution is 7.84. The van der Waals surface area contributed by atoms with E-state index in [-0.39, 0.29) is 10.0 Å². The molecular formula is C11H11Cl2F3N2O3S. The van der Waals surface area contributed by atoms with E-state index in [0.717, 1.165) is 9.13 Å². The summed E-state index contributed by atoms with van der Waals surface area (Å²) in [6.07, 6.45) is -3.82. The average molecular weight is 379 g/mol. The van der Waals surface area contributed by atoms with Crippen LogP contribution in [-0.2, 0) is 30.4 Å². The maximum atomic E-state index is 12.8. The maximum absolute atomic E-state index is 12.8. The number of hydrogen-bond acceptors (Lipinski definition) is 3. The molecule has 0 N–H and O–H groups in total. The third-order valence-corrected chi connectivity index (χ3v) is 3.35. The lowest BCUT2D eigenvalue weighted by Crippen LogP contribution is -2.37. The van der Waals surface area contributed by atoms with Gasteiger partial charge in [-0.15, -0.1) is 0 Å². The van der Waals surface area contributed by atoms with E-state index in [0.29, 0.717) is 17.3 Å². The Kier molecular flexibility index (Phi) is 5.38. The lowest BCUT2D eigenvalue weighted by Gasteiger charge is -2.01. The summed E-state index contributed by atoms with van der Waals surface area (Å²) in [5.41, 5.74) is 0.767. The van der Waals surface area contributed by atoms with Gasteiger partial charge >= 0.3 is 12.0 Å². The molecule has 0 radical (unpaired) electrons. The van der Waals surface area contributed by atoms with Crippen molar-refractivity contribution in [2.24, 2.45) is 14.1 Å². The molecule has 11 heteroatoms. The van der Waals surface area contributed by atoms with Gasteiger partial charge < -0.3 is 4.55 Å². The summed E-state index contributed by atoms with van der Waals surface area (Å²) in [5, 5.41) is 0.461. The Labute approximate surface area is 134 Å². The van der Waals surface area contributed by atoms with Crippen LogP contribution in [0.3, 0.4) is 0 Å². The van der Waals surface area contributed by atoms with Gasteiger partial charge in [0.1, 0.15) is 0 Å². The standard InChI is InChI=1S/C10H8Cl2F3N2.CH4O3S/c1-16-7-3-5(11)6(12)4-8(7)17(2)9(16)10(13,14)15;1-5(2,3)4/h3-4H,1-2H3;1H3,(H,2,3,4)/q+1;/p-1. The van der Waals surface area contributed by atoms with Gasteiger partial charge in [-0.2, -0.15) is 13.2 Å². The Morgan fingerprint density at radius 1 is 1.23 bits per heavy atom. The van der Waals surface area contributed by atoms with Gasteiger partial charge in [0.2, 0.25) is 0 Å². The molecular weight excluding hydrogens is 368 g/mol. The fourth-order valence-corrected chi connectivity index (χ4v) is 2.21. The van der Waals surface area contributed by atoms with Crippen LogP contribution in [-0.4, -0.2) is 23.8 Å². The minimum atomic E-state index is -4.43. The SMILES string of the molecule is CS(=O)(=O)[O-].Cn1c(C(F)(F)F)[n+](C)c2cc(Cl)c(Cl)cc21. The van der Waals surface area contributed by atoms with Crippen LogP contribution < -0.4 is 4.57 Å². The number of alkyl halides is 3. The van der Waals surface area contributed by atoms with E-state index < -0.39 is 22.1 Å². The Bertz CT molecular complexity index is 763. The minimum Gasteiger partial charge on any atom is -0.748 e. The normalized spacial score (nSPS) is 12.2. The van der Waals surface area contributed by atoms with Crippen molar-refractivity contribution >= 4 is 44.4 Å². The van der Waals surface area contributed by atoms with Crippen molar-refractivity contribution in [2.45, 2.75) is 6.18 Å². The molecule has 0 aliphatic carbocycles. The van der Waals surface area contributed by atoms with Gasteiger partial charge in [0.05, 0.1) is 34.3 Å². The Balaban J connectivity index is 0.000000422. The first-order chi connectivity index (χ1) is 9.73. The zero-order chi connectivity index (χ0) is 17.5. The first-order valence-electron chi connectivity index (χ1n) is 5.55. The van der Waals surface area contributed by atoms with Crippen molar-refractivity contribution in [2.75, 3.05) is 6.26 Å². The second-order valence-corrected chi connectivity index (χ2v) is 6.62. The number of aryl methyl sites for hydroxylation is 2. The zero-order valence-electron chi connectivity index (χ0n) is 11.6. The monoisotopic (exact) mass is 378 g/mol. The topological polar surface area (TPSA) is 66.0 Å². The predicted molar refractivity (Wildman–Crippen MR) is 74.7 cm³/mol. The molecule has 1 aromatic carbocycles. The molecule has 2 rings (SSSR count). The molecule has 2 aromatic rings. The number of halogens is 5. The molecule has 0 saturated carbocycles. The number of nitrogens with zero attached hydrogens (tertiary/aromatic N) is 2. The molecule has 0 aliphatic heterocycles.